The van der Waals surface area contributed by atoms with Crippen LogP contribution in [-0.4, -0.2) is 184 Å². The topological polar surface area (TPSA) is 393 Å². The minimum Gasteiger partial charge on any atom is -0.460 e. The summed E-state index contributed by atoms with van der Waals surface area (Å²) in [5.74, 6) is -4.20. The number of aromatic nitrogens is 2. The number of hydrogen-bond acceptors (Lipinski definition) is 22. The van der Waals surface area contributed by atoms with Gasteiger partial charge < -0.3 is 75.1 Å². The van der Waals surface area contributed by atoms with Gasteiger partial charge in [-0.3, -0.25) is 38.6 Å². The maximum atomic E-state index is 15.4. The molecule has 4 aliphatic heterocycles. The summed E-state index contributed by atoms with van der Waals surface area (Å²) in [5, 5.41) is 50.4. The summed E-state index contributed by atoms with van der Waals surface area (Å²) < 4.78 is 77.1. The van der Waals surface area contributed by atoms with Gasteiger partial charge in [-0.1, -0.05) is 13.0 Å². The van der Waals surface area contributed by atoms with E-state index in [1.807, 2.05) is 0 Å². The lowest BCUT2D eigenvalue weighted by Crippen LogP contribution is -2.60. The second-order valence-corrected chi connectivity index (χ2v) is 26.4. The van der Waals surface area contributed by atoms with Crippen LogP contribution in [0.15, 0.2) is 35.1 Å². The van der Waals surface area contributed by atoms with Gasteiger partial charge >= 0.3 is 12.1 Å². The Kier molecular flexibility index (Phi) is 20.7. The monoisotopic (exact) mass is 1290 g/mol. The van der Waals surface area contributed by atoms with E-state index in [0.717, 1.165) is 32.6 Å². The lowest BCUT2D eigenvalue weighted by atomic mass is 9.82. The van der Waals surface area contributed by atoms with E-state index in [1.54, 1.807) is 40.7 Å². The molecule has 2 fully saturated rings. The lowest BCUT2D eigenvalue weighted by molar-refractivity contribution is -0.277. The van der Waals surface area contributed by atoms with Gasteiger partial charge in [-0.2, -0.15) is 0 Å². The summed E-state index contributed by atoms with van der Waals surface area (Å²) in [5.41, 5.74) is 7.42. The Labute approximate surface area is 522 Å². The quantitative estimate of drug-likeness (QED) is 0.0220. The highest BCUT2D eigenvalue weighted by Gasteiger charge is 2.50. The van der Waals surface area contributed by atoms with Crippen molar-refractivity contribution in [1.82, 2.24) is 30.0 Å². The molecule has 0 saturated carbocycles. The largest absolute Gasteiger partial charge is 0.460 e. The van der Waals surface area contributed by atoms with Crippen LogP contribution in [0.4, 0.5) is 14.9 Å². The first-order valence-corrected chi connectivity index (χ1v) is 32.1. The number of nitrogens with two attached hydrogens (primary N) is 1. The van der Waals surface area contributed by atoms with E-state index in [1.165, 1.54) is 28.8 Å². The number of likely N-dealkylation sites (tertiary alicyclic amines) is 1. The summed E-state index contributed by atoms with van der Waals surface area (Å²) in [6, 6.07) is 6.06. The van der Waals surface area contributed by atoms with Gasteiger partial charge in [-0.15, -0.1) is 0 Å². The van der Waals surface area contributed by atoms with E-state index in [0.29, 0.717) is 40.9 Å². The Morgan fingerprint density at radius 1 is 0.967 bits per heavy atom. The number of sulfone groups is 1. The highest BCUT2D eigenvalue weighted by atomic mass is 32.2. The lowest BCUT2D eigenvalue weighted by Gasteiger charge is -2.39. The van der Waals surface area contributed by atoms with Crippen LogP contribution >= 0.6 is 0 Å². The number of nitrogens with one attached hydrogen (secondary N) is 3. The Morgan fingerprint density at radius 3 is 2.41 bits per heavy atom. The molecule has 1 unspecified atom stereocenters. The molecular formula is C61H77FN8O20S. The van der Waals surface area contributed by atoms with Gasteiger partial charge in [0.25, 0.3) is 5.56 Å². The number of aliphatic hydroxyl groups excluding tert-OH is 4. The summed E-state index contributed by atoms with van der Waals surface area (Å²) in [6.45, 7) is 5.51. The molecule has 28 nitrogen and oxygen atoms in total. The number of imide groups is 1. The summed E-state index contributed by atoms with van der Waals surface area (Å²) in [6.07, 6.45) is -7.63. The van der Waals surface area contributed by atoms with Crippen molar-refractivity contribution < 1.29 is 95.2 Å². The van der Waals surface area contributed by atoms with Crippen molar-refractivity contribution in [3.8, 4) is 17.1 Å². The zero-order valence-electron chi connectivity index (χ0n) is 51.3. The van der Waals surface area contributed by atoms with Crippen LogP contribution in [0.2, 0.25) is 0 Å². The van der Waals surface area contributed by atoms with Gasteiger partial charge in [-0.25, -0.2) is 27.4 Å². The number of carbonyl (C=O) groups is 7. The second kappa shape index (κ2) is 27.7. The SMILES string of the molecule is CC[C@@]1(OCN(CCS(C)(=O)=O)C(=O)OCc2ccc(O[C@@H]3O[C@H](CO)[C@H](O)[C@H](O)[C@H]3O)c(NC(=O)CCNC(=O)CCC(C)(C)OCC(C)NC(=O)CCN3C(=O)CCC3=O)c2)C(=O)OCc2c1cc1n(c2=O)Cc2c-1nc1cc(F)c(C)c3c1c2[C@@H](N)CC3. The number of fused-ring (bicyclic) bond motifs is 5. The third kappa shape index (κ3) is 14.9. The minimum atomic E-state index is -3.76. The van der Waals surface area contributed by atoms with Crippen molar-refractivity contribution in [2.45, 2.75) is 166 Å². The van der Waals surface area contributed by atoms with Crippen molar-refractivity contribution >= 4 is 68.0 Å². The molecule has 6 amide bonds. The molecule has 9 N–H and O–H groups in total. The number of hydrogen-bond donors (Lipinski definition) is 8. The number of pyridine rings is 2. The first-order valence-electron chi connectivity index (χ1n) is 30.0. The Balaban J connectivity index is 0.866. The molecule has 0 radical (unpaired) electrons. The molecule has 8 atom stereocenters. The van der Waals surface area contributed by atoms with Crippen molar-refractivity contribution in [2.75, 3.05) is 56.9 Å². The molecular weight excluding hydrogens is 1220 g/mol. The van der Waals surface area contributed by atoms with Crippen LogP contribution in [0.5, 0.6) is 5.75 Å². The van der Waals surface area contributed by atoms with Gasteiger partial charge in [0.1, 0.15) is 65.8 Å². The van der Waals surface area contributed by atoms with Crippen molar-refractivity contribution in [3.05, 3.63) is 85.4 Å². The van der Waals surface area contributed by atoms with E-state index in [4.69, 9.17) is 39.1 Å². The highest BCUT2D eigenvalue weighted by Crippen LogP contribution is 2.46. The smallest absolute Gasteiger partial charge is 0.411 e. The number of cyclic esters (lactones) is 1. The van der Waals surface area contributed by atoms with Crippen molar-refractivity contribution in [3.63, 3.8) is 0 Å². The number of amides is 6. The van der Waals surface area contributed by atoms with Gasteiger partial charge in [0.2, 0.25) is 35.8 Å². The summed E-state index contributed by atoms with van der Waals surface area (Å²) in [4.78, 5) is 112. The van der Waals surface area contributed by atoms with Crippen LogP contribution in [0, 0.1) is 12.7 Å². The van der Waals surface area contributed by atoms with Crippen molar-refractivity contribution in [2.24, 2.45) is 5.73 Å². The number of benzene rings is 2. The average Bonchev–Trinajstić information content (AvgIpc) is 1.63. The average molecular weight is 1290 g/mol. The molecule has 30 heteroatoms. The fourth-order valence-electron chi connectivity index (χ4n) is 11.8. The predicted octanol–water partition coefficient (Wildman–Crippen LogP) is 1.38. The Hall–Kier alpha value is -7.55. The number of anilines is 1. The molecule has 4 aromatic rings. The van der Waals surface area contributed by atoms with Gasteiger partial charge in [0.05, 0.1) is 59.3 Å². The Morgan fingerprint density at radius 2 is 1.70 bits per heavy atom. The van der Waals surface area contributed by atoms with E-state index in [2.05, 4.69) is 16.0 Å². The standard InChI is InChI=1S/C61H77FN8O20S/c1-7-61(37-23-42-52-35(25-70(42)56(80)36(37)29-85-58(61)81)50-39(63)10-9-34-32(3)38(62)24-41(67-52)51(34)50)88-30-68(20-21-91(6,83)84)59(82)86-28-33-8-11-43(89-57-55(79)54(78)53(77)44(26-71)90-57)40(22-33)66-46(73)15-18-64-45(72)14-17-60(4,5)87-27-31(2)65-47(74)16-19-69-48(75)12-13-49(69)76/h8,11,22-24,31,39,44,53-55,57,71,77-79H,7,9-10,12-21,25-30,63H2,1-6H3,(H,64,72)(H,65,74)(H,66,73)/t31?,39-,44+,53-,54-,55+,57+,61-/m0/s1. The zero-order valence-corrected chi connectivity index (χ0v) is 52.2. The molecule has 2 aromatic heterocycles. The number of aliphatic hydroxyl groups is 4. The molecule has 2 aromatic carbocycles. The fourth-order valence-corrected chi connectivity index (χ4v) is 12.4. The van der Waals surface area contributed by atoms with E-state index in [9.17, 15) is 67.2 Å². The number of halogens is 1. The maximum absolute atomic E-state index is 15.4. The third-order valence-corrected chi connectivity index (χ3v) is 18.0. The number of nitrogens with zero attached hydrogens (tertiary/aromatic N) is 4. The second-order valence-electron chi connectivity index (χ2n) is 24.2. The van der Waals surface area contributed by atoms with E-state index in [-0.39, 0.29) is 117 Å². The summed E-state index contributed by atoms with van der Waals surface area (Å²) >= 11 is 0. The van der Waals surface area contributed by atoms with Gasteiger partial charge in [-0.05, 0) is 93.8 Å². The minimum absolute atomic E-state index is 0.0144. The first-order chi connectivity index (χ1) is 43.0. The number of rotatable bonds is 26. The molecule has 9 rings (SSSR count). The van der Waals surface area contributed by atoms with Crippen LogP contribution < -0.4 is 32.0 Å². The summed E-state index contributed by atoms with van der Waals surface area (Å²) in [7, 11) is -3.76. The van der Waals surface area contributed by atoms with Crippen molar-refractivity contribution in [1.29, 1.82) is 0 Å². The van der Waals surface area contributed by atoms with Crippen LogP contribution in [0.1, 0.15) is 124 Å². The zero-order chi connectivity index (χ0) is 66.0. The van der Waals surface area contributed by atoms with Gasteiger partial charge in [0, 0.05) is 92.7 Å². The molecule has 5 aliphatic rings. The predicted molar refractivity (Wildman–Crippen MR) is 319 cm³/mol. The molecule has 1 aliphatic carbocycles. The molecule has 91 heavy (non-hydrogen) atoms. The molecule has 6 heterocycles. The van der Waals surface area contributed by atoms with E-state index < -0.39 is 138 Å². The third-order valence-electron chi connectivity index (χ3n) is 17.1. The van der Waals surface area contributed by atoms with Crippen LogP contribution in [0.25, 0.3) is 22.3 Å². The number of aryl methyl sites for hydroxylation is 1. The first kappa shape index (κ1) is 67.8. The number of carbonyl (C=O) groups excluding carboxylic acids is 7. The fraction of sp³-hybridized carbons (Fsp3) is 0.557. The maximum Gasteiger partial charge on any atom is 0.411 e. The molecule has 0 spiro atoms. The number of ether oxygens (including phenoxy) is 6. The van der Waals surface area contributed by atoms with Crippen LogP contribution in [-0.2, 0) is 94.1 Å². The van der Waals surface area contributed by atoms with Crippen LogP contribution in [0.3, 0.4) is 0 Å². The molecule has 2 saturated heterocycles. The van der Waals surface area contributed by atoms with E-state index >= 15 is 4.39 Å². The molecule has 494 valence electrons. The Bertz CT molecular complexity index is 3700. The van der Waals surface area contributed by atoms with Gasteiger partial charge in [0.15, 0.2) is 5.60 Å². The highest BCUT2D eigenvalue weighted by molar-refractivity contribution is 7.90. The molecule has 0 bridgehead atoms. The number of esters is 1. The normalized spacial score (nSPS) is 22.2.